The van der Waals surface area contributed by atoms with Gasteiger partial charge in [-0.3, -0.25) is 4.79 Å². The van der Waals surface area contributed by atoms with Crippen LogP contribution in [-0.4, -0.2) is 37.5 Å². The lowest BCUT2D eigenvalue weighted by Gasteiger charge is -2.30. The topological polar surface area (TPSA) is 90.3 Å². The fraction of sp³-hybridized carbons (Fsp3) is 0.467. The molecule has 1 saturated heterocycles. The number of hydrogen-bond donors (Lipinski definition) is 1. The Labute approximate surface area is 130 Å². The van der Waals surface area contributed by atoms with Crippen molar-refractivity contribution in [3.05, 3.63) is 29.8 Å². The summed E-state index contributed by atoms with van der Waals surface area (Å²) in [6, 6.07) is 8.86. The number of piperidine rings is 1. The number of anilines is 1. The van der Waals surface area contributed by atoms with Gasteiger partial charge in [0.1, 0.15) is 6.07 Å². The molecule has 0 spiro atoms. The molecule has 22 heavy (non-hydrogen) atoms. The Balaban J connectivity index is 1.97. The van der Waals surface area contributed by atoms with Crippen molar-refractivity contribution in [1.29, 1.82) is 5.26 Å². The lowest BCUT2D eigenvalue weighted by molar-refractivity contribution is -0.120. The van der Waals surface area contributed by atoms with Crippen LogP contribution in [0.1, 0.15) is 25.3 Å². The summed E-state index contributed by atoms with van der Waals surface area (Å²) < 4.78 is 25.0. The van der Waals surface area contributed by atoms with Crippen molar-refractivity contribution in [2.75, 3.05) is 24.2 Å². The third-order valence-corrected chi connectivity index (χ3v) is 5.77. The van der Waals surface area contributed by atoms with Crippen molar-refractivity contribution >= 4 is 21.6 Å². The summed E-state index contributed by atoms with van der Waals surface area (Å²) >= 11 is 0. The van der Waals surface area contributed by atoms with Crippen LogP contribution in [0.5, 0.6) is 0 Å². The molecule has 118 valence electrons. The molecular formula is C15H19N3O3S. The summed E-state index contributed by atoms with van der Waals surface area (Å²) in [5.74, 6) is -0.300. The highest BCUT2D eigenvalue weighted by Gasteiger charge is 2.30. The Bertz CT molecular complexity index is 686. The fourth-order valence-corrected chi connectivity index (χ4v) is 3.64. The third-order valence-electron chi connectivity index (χ3n) is 3.89. The lowest BCUT2D eigenvalue weighted by atomic mass is 9.97. The average molecular weight is 321 g/mol. The molecule has 0 atom stereocenters. The van der Waals surface area contributed by atoms with Gasteiger partial charge in [-0.2, -0.15) is 5.26 Å². The summed E-state index contributed by atoms with van der Waals surface area (Å²) in [6.07, 6.45) is 1.000. The molecule has 1 aliphatic heterocycles. The van der Waals surface area contributed by atoms with E-state index in [0.717, 1.165) is 0 Å². The van der Waals surface area contributed by atoms with Gasteiger partial charge in [-0.15, -0.1) is 0 Å². The summed E-state index contributed by atoms with van der Waals surface area (Å²) in [7, 11) is -3.18. The molecular weight excluding hydrogens is 302 g/mol. The maximum atomic E-state index is 12.3. The molecule has 1 aromatic carbocycles. The van der Waals surface area contributed by atoms with Gasteiger partial charge in [-0.25, -0.2) is 12.7 Å². The fourth-order valence-electron chi connectivity index (χ4n) is 2.50. The van der Waals surface area contributed by atoms with E-state index in [1.165, 1.54) is 4.31 Å². The number of amides is 1. The van der Waals surface area contributed by atoms with Crippen molar-refractivity contribution < 1.29 is 13.2 Å². The van der Waals surface area contributed by atoms with Crippen LogP contribution in [0.3, 0.4) is 0 Å². The first-order valence-electron chi connectivity index (χ1n) is 7.25. The highest BCUT2D eigenvalue weighted by molar-refractivity contribution is 7.89. The van der Waals surface area contributed by atoms with Crippen LogP contribution in [0.15, 0.2) is 24.3 Å². The molecule has 0 radical (unpaired) electrons. The van der Waals surface area contributed by atoms with Gasteiger partial charge in [0, 0.05) is 19.0 Å². The van der Waals surface area contributed by atoms with E-state index in [1.807, 2.05) is 6.07 Å². The van der Waals surface area contributed by atoms with Crippen molar-refractivity contribution in [2.45, 2.75) is 19.8 Å². The minimum absolute atomic E-state index is 0.0827. The Morgan fingerprint density at radius 1 is 1.36 bits per heavy atom. The van der Waals surface area contributed by atoms with Gasteiger partial charge in [0.15, 0.2) is 0 Å². The normalized spacial score (nSPS) is 16.9. The molecule has 0 bridgehead atoms. The maximum Gasteiger partial charge on any atom is 0.227 e. The molecule has 0 saturated carbocycles. The minimum Gasteiger partial charge on any atom is -0.325 e. The summed E-state index contributed by atoms with van der Waals surface area (Å²) in [4.78, 5) is 12.3. The minimum atomic E-state index is -3.18. The molecule has 1 heterocycles. The number of nitrogens with zero attached hydrogens (tertiary/aromatic N) is 2. The smallest absolute Gasteiger partial charge is 0.227 e. The van der Waals surface area contributed by atoms with Crippen LogP contribution in [0.25, 0.3) is 0 Å². The van der Waals surface area contributed by atoms with E-state index in [4.69, 9.17) is 5.26 Å². The molecule has 1 fully saturated rings. The second-order valence-electron chi connectivity index (χ2n) is 5.22. The number of benzene rings is 1. The first kappa shape index (κ1) is 16.5. The summed E-state index contributed by atoms with van der Waals surface area (Å²) in [5.41, 5.74) is 0.917. The molecule has 0 aromatic heterocycles. The Hall–Kier alpha value is -1.91. The maximum absolute atomic E-state index is 12.3. The molecule has 1 aliphatic rings. The van der Waals surface area contributed by atoms with Crippen LogP contribution in [-0.2, 0) is 14.8 Å². The zero-order valence-electron chi connectivity index (χ0n) is 12.4. The van der Waals surface area contributed by atoms with Crippen LogP contribution in [0.4, 0.5) is 5.69 Å². The van der Waals surface area contributed by atoms with Gasteiger partial charge < -0.3 is 5.32 Å². The Morgan fingerprint density at radius 3 is 2.59 bits per heavy atom. The summed E-state index contributed by atoms with van der Waals surface area (Å²) in [5, 5.41) is 11.8. The first-order chi connectivity index (χ1) is 10.5. The number of para-hydroxylation sites is 1. The highest BCUT2D eigenvalue weighted by Crippen LogP contribution is 2.22. The largest absolute Gasteiger partial charge is 0.325 e. The molecule has 7 heteroatoms. The SMILES string of the molecule is CCS(=O)(=O)N1CCC(C(=O)Nc2ccccc2C#N)CC1. The van der Waals surface area contributed by atoms with Crippen molar-refractivity contribution in [1.82, 2.24) is 4.31 Å². The van der Waals surface area contributed by atoms with Crippen molar-refractivity contribution in [3.8, 4) is 6.07 Å². The predicted molar refractivity (Wildman–Crippen MR) is 83.5 cm³/mol. The number of carbonyl (C=O) groups excluding carboxylic acids is 1. The third kappa shape index (κ3) is 3.64. The highest BCUT2D eigenvalue weighted by atomic mass is 32.2. The quantitative estimate of drug-likeness (QED) is 0.911. The van der Waals surface area contributed by atoms with E-state index in [9.17, 15) is 13.2 Å². The monoisotopic (exact) mass is 321 g/mol. The average Bonchev–Trinajstić information content (AvgIpc) is 2.55. The molecule has 0 aliphatic carbocycles. The Morgan fingerprint density at radius 2 is 2.00 bits per heavy atom. The van der Waals surface area contributed by atoms with Crippen LogP contribution < -0.4 is 5.32 Å². The van der Waals surface area contributed by atoms with E-state index in [-0.39, 0.29) is 17.6 Å². The second kappa shape index (κ2) is 6.90. The Kier molecular flexibility index (Phi) is 5.16. The zero-order valence-corrected chi connectivity index (χ0v) is 13.3. The molecule has 0 unspecified atom stereocenters. The predicted octanol–water partition coefficient (Wildman–Crippen LogP) is 1.56. The molecule has 1 N–H and O–H groups in total. The van der Waals surface area contributed by atoms with Crippen LogP contribution in [0, 0.1) is 17.2 Å². The van der Waals surface area contributed by atoms with E-state index >= 15 is 0 Å². The van der Waals surface area contributed by atoms with Gasteiger partial charge in [0.2, 0.25) is 15.9 Å². The number of nitrogens with one attached hydrogen (secondary N) is 1. The first-order valence-corrected chi connectivity index (χ1v) is 8.86. The van der Waals surface area contributed by atoms with Crippen LogP contribution >= 0.6 is 0 Å². The van der Waals surface area contributed by atoms with Gasteiger partial charge in [-0.05, 0) is 31.9 Å². The summed E-state index contributed by atoms with van der Waals surface area (Å²) in [6.45, 7) is 2.36. The second-order valence-corrected chi connectivity index (χ2v) is 7.48. The van der Waals surface area contributed by atoms with Crippen molar-refractivity contribution in [3.63, 3.8) is 0 Å². The van der Waals surface area contributed by atoms with E-state index < -0.39 is 10.0 Å². The number of sulfonamides is 1. The van der Waals surface area contributed by atoms with Crippen LogP contribution in [0.2, 0.25) is 0 Å². The van der Waals surface area contributed by atoms with E-state index in [2.05, 4.69) is 5.32 Å². The number of hydrogen-bond acceptors (Lipinski definition) is 4. The molecule has 6 nitrogen and oxygen atoms in total. The van der Waals surface area contributed by atoms with Crippen molar-refractivity contribution in [2.24, 2.45) is 5.92 Å². The molecule has 2 rings (SSSR count). The molecule has 1 aromatic rings. The number of rotatable bonds is 4. The number of nitriles is 1. The van der Waals surface area contributed by atoms with E-state index in [1.54, 1.807) is 31.2 Å². The molecule has 1 amide bonds. The lowest BCUT2D eigenvalue weighted by Crippen LogP contribution is -2.42. The van der Waals surface area contributed by atoms with Gasteiger partial charge >= 0.3 is 0 Å². The standard InChI is InChI=1S/C15H19N3O3S/c1-2-22(20,21)18-9-7-12(8-10-18)15(19)17-14-6-4-3-5-13(14)11-16/h3-6,12H,2,7-10H2,1H3,(H,17,19). The van der Waals surface area contributed by atoms with Gasteiger partial charge in [0.25, 0.3) is 0 Å². The van der Waals surface area contributed by atoms with Gasteiger partial charge in [-0.1, -0.05) is 12.1 Å². The van der Waals surface area contributed by atoms with E-state index in [0.29, 0.717) is 37.2 Å². The number of carbonyl (C=O) groups is 1. The van der Waals surface area contributed by atoms with Gasteiger partial charge in [0.05, 0.1) is 17.0 Å². The zero-order chi connectivity index (χ0) is 16.2.